The van der Waals surface area contributed by atoms with E-state index in [2.05, 4.69) is 0 Å². The number of unbranched alkanes of at least 4 members (excludes halogenated alkanes) is 1. The van der Waals surface area contributed by atoms with E-state index in [0.29, 0.717) is 19.3 Å². The first-order valence-corrected chi connectivity index (χ1v) is 7.09. The number of ether oxygens (including phenoxy) is 2. The maximum atomic E-state index is 13.0. The van der Waals surface area contributed by atoms with E-state index in [1.807, 2.05) is 0 Å². The van der Waals surface area contributed by atoms with Crippen molar-refractivity contribution in [3.63, 3.8) is 0 Å². The van der Waals surface area contributed by atoms with Crippen molar-refractivity contribution in [2.75, 3.05) is 20.8 Å². The molecular weight excluding hydrogens is 275 g/mol. The molecule has 0 aliphatic carbocycles. The minimum Gasteiger partial charge on any atom is -0.469 e. The Morgan fingerprint density at radius 1 is 1.24 bits per heavy atom. The third-order valence-electron chi connectivity index (χ3n) is 3.52. The predicted octanol–water partition coefficient (Wildman–Crippen LogP) is 2.86. The highest BCUT2D eigenvalue weighted by Gasteiger charge is 2.24. The normalized spacial score (nSPS) is 13.7. The molecule has 0 aliphatic rings. The first-order chi connectivity index (χ1) is 10.1. The molecule has 0 amide bonds. The van der Waals surface area contributed by atoms with Gasteiger partial charge in [0.25, 0.3) is 0 Å². The average molecular weight is 298 g/mol. The Bertz CT molecular complexity index is 419. The molecule has 2 atom stereocenters. The summed E-state index contributed by atoms with van der Waals surface area (Å²) in [4.78, 5) is 11.8. The van der Waals surface area contributed by atoms with Crippen molar-refractivity contribution in [1.82, 2.24) is 0 Å². The zero-order valence-corrected chi connectivity index (χ0v) is 12.5. The van der Waals surface area contributed by atoms with Crippen molar-refractivity contribution in [2.24, 2.45) is 5.92 Å². The highest BCUT2D eigenvalue weighted by atomic mass is 19.1. The molecule has 21 heavy (non-hydrogen) atoms. The number of carbonyl (C=O) groups excluding carboxylic acids is 1. The molecule has 1 N–H and O–H groups in total. The topological polar surface area (TPSA) is 55.8 Å². The lowest BCUT2D eigenvalue weighted by molar-refractivity contribution is -0.147. The Labute approximate surface area is 124 Å². The highest BCUT2D eigenvalue weighted by molar-refractivity contribution is 5.72. The molecule has 0 radical (unpaired) electrons. The molecule has 0 saturated heterocycles. The molecule has 0 aromatic heterocycles. The predicted molar refractivity (Wildman–Crippen MR) is 77.2 cm³/mol. The fourth-order valence-corrected chi connectivity index (χ4v) is 2.31. The number of esters is 1. The number of aliphatic hydroxyl groups is 1. The molecule has 0 aliphatic heterocycles. The third kappa shape index (κ3) is 5.81. The molecule has 1 aromatic carbocycles. The molecule has 5 heteroatoms. The number of halogens is 1. The Hall–Kier alpha value is -1.46. The summed E-state index contributed by atoms with van der Waals surface area (Å²) in [6, 6.07) is 6.07. The van der Waals surface area contributed by atoms with Crippen molar-refractivity contribution in [3.8, 4) is 0 Å². The van der Waals surface area contributed by atoms with Crippen molar-refractivity contribution in [2.45, 2.75) is 31.8 Å². The quantitative estimate of drug-likeness (QED) is 0.562. The van der Waals surface area contributed by atoms with Gasteiger partial charge in [0.05, 0.1) is 19.1 Å². The maximum Gasteiger partial charge on any atom is 0.308 e. The fraction of sp³-hybridized carbons (Fsp3) is 0.562. The van der Waals surface area contributed by atoms with Crippen molar-refractivity contribution in [3.05, 3.63) is 35.6 Å². The van der Waals surface area contributed by atoms with Crippen LogP contribution < -0.4 is 0 Å². The standard InChI is InChI=1S/C16H23FO4/c1-20-15(12-6-8-14(17)9-7-12)11-13(16(19)21-2)5-3-4-10-18/h6-9,13,15,18H,3-5,10-11H2,1-2H3. The summed E-state index contributed by atoms with van der Waals surface area (Å²) >= 11 is 0. The largest absolute Gasteiger partial charge is 0.469 e. The van der Waals surface area contributed by atoms with E-state index in [-0.39, 0.29) is 30.4 Å². The monoisotopic (exact) mass is 298 g/mol. The summed E-state index contributed by atoms with van der Waals surface area (Å²) in [6.45, 7) is 0.111. The van der Waals surface area contributed by atoms with Crippen LogP contribution in [0.2, 0.25) is 0 Å². The van der Waals surface area contributed by atoms with Gasteiger partial charge in [0.2, 0.25) is 0 Å². The van der Waals surface area contributed by atoms with E-state index in [1.54, 1.807) is 19.2 Å². The van der Waals surface area contributed by atoms with Crippen LogP contribution in [0, 0.1) is 11.7 Å². The van der Waals surface area contributed by atoms with Gasteiger partial charge in [-0.15, -0.1) is 0 Å². The van der Waals surface area contributed by atoms with Crippen molar-refractivity contribution in [1.29, 1.82) is 0 Å². The lowest BCUT2D eigenvalue weighted by Crippen LogP contribution is -2.20. The lowest BCUT2D eigenvalue weighted by Gasteiger charge is -2.21. The molecule has 0 saturated carbocycles. The van der Waals surface area contributed by atoms with Gasteiger partial charge in [0.1, 0.15) is 5.82 Å². The number of benzene rings is 1. The first kappa shape index (κ1) is 17.6. The van der Waals surface area contributed by atoms with Crippen molar-refractivity contribution >= 4 is 5.97 Å². The van der Waals surface area contributed by atoms with Gasteiger partial charge in [-0.25, -0.2) is 4.39 Å². The highest BCUT2D eigenvalue weighted by Crippen LogP contribution is 2.28. The molecular formula is C16H23FO4. The maximum absolute atomic E-state index is 13.0. The molecule has 4 nitrogen and oxygen atoms in total. The molecule has 0 fully saturated rings. The van der Waals surface area contributed by atoms with E-state index >= 15 is 0 Å². The van der Waals surface area contributed by atoms with Gasteiger partial charge in [-0.05, 0) is 37.0 Å². The van der Waals surface area contributed by atoms with Gasteiger partial charge in [-0.2, -0.15) is 0 Å². The summed E-state index contributed by atoms with van der Waals surface area (Å²) in [5.41, 5.74) is 0.829. The van der Waals surface area contributed by atoms with Crippen LogP contribution in [0.3, 0.4) is 0 Å². The van der Waals surface area contributed by atoms with E-state index in [4.69, 9.17) is 14.6 Å². The summed E-state index contributed by atoms with van der Waals surface area (Å²) in [5, 5.41) is 8.83. The smallest absolute Gasteiger partial charge is 0.308 e. The van der Waals surface area contributed by atoms with E-state index in [0.717, 1.165) is 12.0 Å². The van der Waals surface area contributed by atoms with E-state index < -0.39 is 0 Å². The Balaban J connectivity index is 2.73. The minimum atomic E-state index is -0.305. The second-order valence-corrected chi connectivity index (χ2v) is 4.95. The molecule has 1 aromatic rings. The number of methoxy groups -OCH3 is 2. The summed E-state index contributed by atoms with van der Waals surface area (Å²) in [7, 11) is 2.93. The van der Waals surface area contributed by atoms with Crippen molar-refractivity contribution < 1.29 is 23.8 Å². The van der Waals surface area contributed by atoms with Crippen LogP contribution in [0.1, 0.15) is 37.4 Å². The second-order valence-electron chi connectivity index (χ2n) is 4.95. The number of rotatable bonds is 9. The molecule has 0 spiro atoms. The summed E-state index contributed by atoms with van der Waals surface area (Å²) < 4.78 is 23.2. The molecule has 118 valence electrons. The van der Waals surface area contributed by atoms with Crippen LogP contribution in [0.4, 0.5) is 4.39 Å². The van der Waals surface area contributed by atoms with Crippen LogP contribution in [0.15, 0.2) is 24.3 Å². The molecule has 0 heterocycles. The Morgan fingerprint density at radius 3 is 2.43 bits per heavy atom. The zero-order chi connectivity index (χ0) is 15.7. The van der Waals surface area contributed by atoms with Gasteiger partial charge in [0.15, 0.2) is 0 Å². The van der Waals surface area contributed by atoms with Gasteiger partial charge in [-0.1, -0.05) is 18.6 Å². The Kier molecular flexibility index (Phi) is 7.93. The van der Waals surface area contributed by atoms with Gasteiger partial charge < -0.3 is 14.6 Å². The number of aliphatic hydroxyl groups excluding tert-OH is 1. The van der Waals surface area contributed by atoms with Gasteiger partial charge in [-0.3, -0.25) is 4.79 Å². The molecule has 1 rings (SSSR count). The first-order valence-electron chi connectivity index (χ1n) is 7.09. The third-order valence-corrected chi connectivity index (χ3v) is 3.52. The second kappa shape index (κ2) is 9.47. The lowest BCUT2D eigenvalue weighted by atomic mass is 9.92. The number of carbonyl (C=O) groups is 1. The van der Waals surface area contributed by atoms with Crippen LogP contribution in [-0.4, -0.2) is 31.9 Å². The van der Waals surface area contributed by atoms with Crippen LogP contribution >= 0.6 is 0 Å². The zero-order valence-electron chi connectivity index (χ0n) is 12.5. The summed E-state index contributed by atoms with van der Waals surface area (Å²) in [6.07, 6.45) is 2.22. The molecule has 2 unspecified atom stereocenters. The summed E-state index contributed by atoms with van der Waals surface area (Å²) in [5.74, 6) is -0.880. The SMILES string of the molecule is COC(=O)C(CCCCO)CC(OC)c1ccc(F)cc1. The van der Waals surface area contributed by atoms with Crippen LogP contribution in [0.5, 0.6) is 0 Å². The van der Waals surface area contributed by atoms with E-state index in [9.17, 15) is 9.18 Å². The van der Waals surface area contributed by atoms with E-state index in [1.165, 1.54) is 19.2 Å². The number of hydrogen-bond donors (Lipinski definition) is 1. The molecule has 0 bridgehead atoms. The number of hydrogen-bond acceptors (Lipinski definition) is 4. The van der Waals surface area contributed by atoms with Crippen LogP contribution in [-0.2, 0) is 14.3 Å². The minimum absolute atomic E-state index is 0.111. The van der Waals surface area contributed by atoms with Gasteiger partial charge in [0, 0.05) is 13.7 Å². The Morgan fingerprint density at radius 2 is 1.90 bits per heavy atom. The average Bonchev–Trinajstić information content (AvgIpc) is 2.51. The van der Waals surface area contributed by atoms with Crippen LogP contribution in [0.25, 0.3) is 0 Å². The van der Waals surface area contributed by atoms with Gasteiger partial charge >= 0.3 is 5.97 Å². The fourth-order valence-electron chi connectivity index (χ4n) is 2.31.